The van der Waals surface area contributed by atoms with E-state index in [1.54, 1.807) is 0 Å². The van der Waals surface area contributed by atoms with Gasteiger partial charge in [-0.2, -0.15) is 0 Å². The molecule has 0 radical (unpaired) electrons. The lowest BCUT2D eigenvalue weighted by molar-refractivity contribution is -0.137. The number of nitrogens with one attached hydrogen (secondary N) is 1. The normalized spacial score (nSPS) is 14.6. The summed E-state index contributed by atoms with van der Waals surface area (Å²) in [7, 11) is 0. The molecule has 1 saturated carbocycles. The number of nitrogens with two attached hydrogens (primary N) is 1. The third-order valence-corrected chi connectivity index (χ3v) is 2.56. The van der Waals surface area contributed by atoms with Crippen LogP contribution in [0.4, 0.5) is 4.79 Å². The summed E-state index contributed by atoms with van der Waals surface area (Å²) in [6.07, 6.45) is 2.29. The number of hydrogen-bond acceptors (Lipinski definition) is 4. The van der Waals surface area contributed by atoms with Crippen molar-refractivity contribution in [1.29, 1.82) is 0 Å². The van der Waals surface area contributed by atoms with Gasteiger partial charge in [0.15, 0.2) is 0 Å². The van der Waals surface area contributed by atoms with E-state index in [1.807, 2.05) is 10.2 Å². The quantitative estimate of drug-likeness (QED) is 0.558. The molecule has 0 unspecified atom stereocenters. The van der Waals surface area contributed by atoms with E-state index in [1.165, 1.54) is 0 Å². The van der Waals surface area contributed by atoms with Crippen LogP contribution in [-0.4, -0.2) is 47.0 Å². The third-order valence-electron chi connectivity index (χ3n) is 2.56. The number of hydrogen-bond donors (Lipinski definition) is 3. The van der Waals surface area contributed by atoms with E-state index in [0.717, 1.165) is 12.8 Å². The molecule has 1 aliphatic rings. The molecule has 1 aliphatic carbocycles. The van der Waals surface area contributed by atoms with E-state index < -0.39 is 17.9 Å². The van der Waals surface area contributed by atoms with Crippen LogP contribution in [0.1, 0.15) is 25.7 Å². The first-order chi connectivity index (χ1) is 7.99. The van der Waals surface area contributed by atoms with Gasteiger partial charge in [0.05, 0.1) is 6.42 Å². The minimum atomic E-state index is -0.862. The zero-order valence-corrected chi connectivity index (χ0v) is 9.52. The molecule has 0 heterocycles. The van der Waals surface area contributed by atoms with Crippen LogP contribution in [0.2, 0.25) is 0 Å². The van der Waals surface area contributed by atoms with Gasteiger partial charge in [0.2, 0.25) is 5.91 Å². The van der Waals surface area contributed by atoms with Crippen molar-refractivity contribution in [2.45, 2.75) is 31.7 Å². The minimum Gasteiger partial charge on any atom is -0.481 e. The molecule has 0 aromatic carbocycles. The van der Waals surface area contributed by atoms with Crippen molar-refractivity contribution in [3.05, 3.63) is 0 Å². The van der Waals surface area contributed by atoms with Gasteiger partial charge in [-0.05, 0) is 12.8 Å². The Kier molecular flexibility index (Phi) is 4.89. The molecular weight excluding hydrogens is 226 g/mol. The van der Waals surface area contributed by atoms with Crippen LogP contribution in [0.15, 0.2) is 0 Å². The van der Waals surface area contributed by atoms with Crippen LogP contribution >= 0.6 is 0 Å². The van der Waals surface area contributed by atoms with Gasteiger partial charge >= 0.3 is 12.0 Å². The average Bonchev–Trinajstić information content (AvgIpc) is 2.99. The van der Waals surface area contributed by atoms with Crippen molar-refractivity contribution >= 4 is 17.9 Å². The maximum absolute atomic E-state index is 11.2. The Morgan fingerprint density at radius 3 is 2.29 bits per heavy atom. The molecule has 0 aromatic heterocycles. The van der Waals surface area contributed by atoms with Crippen LogP contribution < -0.4 is 11.1 Å². The molecule has 1 rings (SSSR count). The predicted molar refractivity (Wildman–Crippen MR) is 59.2 cm³/mol. The second-order valence-electron chi connectivity index (χ2n) is 4.07. The predicted octanol–water partition coefficient (Wildman–Crippen LogP) is -0.490. The van der Waals surface area contributed by atoms with Gasteiger partial charge in [-0.25, -0.2) is 4.79 Å². The van der Waals surface area contributed by atoms with E-state index >= 15 is 0 Å². The fraction of sp³-hybridized carbons (Fsp3) is 0.700. The summed E-state index contributed by atoms with van der Waals surface area (Å²) in [4.78, 5) is 34.0. The number of nitrogens with zero attached hydrogens (tertiary/aromatic N) is 1. The monoisotopic (exact) mass is 243 g/mol. The number of carboxylic acid groups (broad SMARTS) is 1. The summed E-state index contributed by atoms with van der Waals surface area (Å²) in [5.74, 6) is -1.28. The van der Waals surface area contributed by atoms with Gasteiger partial charge < -0.3 is 10.8 Å². The average molecular weight is 243 g/mol. The highest BCUT2D eigenvalue weighted by Gasteiger charge is 2.29. The molecule has 4 N–H and O–H groups in total. The second kappa shape index (κ2) is 6.19. The number of aliphatic carboxylic acids is 1. The Balaban J connectivity index is 2.26. The standard InChI is InChI=1S/C10H17N3O4/c11-10(17)12-8(14)3-5-13(7-1-2-7)6-4-9(15)16/h7H,1-6H2,(H,15,16)(H3,11,12,14,17). The second-order valence-corrected chi connectivity index (χ2v) is 4.07. The van der Waals surface area contributed by atoms with Crippen molar-refractivity contribution in [1.82, 2.24) is 10.2 Å². The topological polar surface area (TPSA) is 113 Å². The maximum atomic E-state index is 11.2. The number of rotatable bonds is 7. The summed E-state index contributed by atoms with van der Waals surface area (Å²) in [6, 6.07) is -0.478. The minimum absolute atomic E-state index is 0.0634. The highest BCUT2D eigenvalue weighted by molar-refractivity contribution is 5.93. The smallest absolute Gasteiger partial charge is 0.318 e. The van der Waals surface area contributed by atoms with Gasteiger partial charge in [-0.15, -0.1) is 0 Å². The molecule has 7 heteroatoms. The van der Waals surface area contributed by atoms with Crippen LogP contribution in [0.3, 0.4) is 0 Å². The Morgan fingerprint density at radius 2 is 1.82 bits per heavy atom. The molecule has 0 aliphatic heterocycles. The molecule has 0 aromatic rings. The number of amides is 3. The lowest BCUT2D eigenvalue weighted by atomic mass is 10.3. The molecule has 7 nitrogen and oxygen atoms in total. The summed E-state index contributed by atoms with van der Waals surface area (Å²) >= 11 is 0. The first-order valence-electron chi connectivity index (χ1n) is 5.54. The zero-order valence-electron chi connectivity index (χ0n) is 9.52. The maximum Gasteiger partial charge on any atom is 0.318 e. The van der Waals surface area contributed by atoms with Gasteiger partial charge in [-0.1, -0.05) is 0 Å². The van der Waals surface area contributed by atoms with Gasteiger partial charge in [-0.3, -0.25) is 19.8 Å². The van der Waals surface area contributed by atoms with Crippen LogP contribution in [0.5, 0.6) is 0 Å². The Morgan fingerprint density at radius 1 is 1.24 bits per heavy atom. The number of urea groups is 1. The molecule has 96 valence electrons. The van der Waals surface area contributed by atoms with E-state index in [-0.39, 0.29) is 12.8 Å². The molecule has 1 fully saturated rings. The van der Waals surface area contributed by atoms with Crippen LogP contribution in [0, 0.1) is 0 Å². The summed E-state index contributed by atoms with van der Waals surface area (Å²) < 4.78 is 0. The molecular formula is C10H17N3O4. The van der Waals surface area contributed by atoms with Gasteiger partial charge in [0.1, 0.15) is 0 Å². The zero-order chi connectivity index (χ0) is 12.8. The molecule has 3 amide bonds. The van der Waals surface area contributed by atoms with Crippen molar-refractivity contribution in [3.63, 3.8) is 0 Å². The molecule has 0 spiro atoms. The highest BCUT2D eigenvalue weighted by Crippen LogP contribution is 2.26. The number of carboxylic acids is 1. The third kappa shape index (κ3) is 5.86. The molecule has 0 atom stereocenters. The Hall–Kier alpha value is -1.63. The van der Waals surface area contributed by atoms with Crippen molar-refractivity contribution < 1.29 is 19.5 Å². The number of primary amides is 1. The Labute approximate surface area is 98.9 Å². The van der Waals surface area contributed by atoms with E-state index in [9.17, 15) is 14.4 Å². The van der Waals surface area contributed by atoms with Crippen LogP contribution in [0.25, 0.3) is 0 Å². The fourth-order valence-electron chi connectivity index (χ4n) is 1.60. The largest absolute Gasteiger partial charge is 0.481 e. The van der Waals surface area contributed by atoms with Gasteiger partial charge in [0.25, 0.3) is 0 Å². The summed E-state index contributed by atoms with van der Waals surface area (Å²) in [5.41, 5.74) is 4.81. The van der Waals surface area contributed by atoms with Crippen molar-refractivity contribution in [2.75, 3.05) is 13.1 Å². The molecule has 17 heavy (non-hydrogen) atoms. The van der Waals surface area contributed by atoms with Crippen molar-refractivity contribution in [3.8, 4) is 0 Å². The molecule has 0 saturated heterocycles. The van der Waals surface area contributed by atoms with Crippen LogP contribution in [-0.2, 0) is 9.59 Å². The number of imide groups is 1. The number of carbonyl (C=O) groups excluding carboxylic acids is 2. The van der Waals surface area contributed by atoms with E-state index in [4.69, 9.17) is 10.8 Å². The number of carbonyl (C=O) groups is 3. The summed E-state index contributed by atoms with van der Waals surface area (Å²) in [6.45, 7) is 0.890. The van der Waals surface area contributed by atoms with Gasteiger partial charge in [0, 0.05) is 25.6 Å². The van der Waals surface area contributed by atoms with E-state index in [2.05, 4.69) is 0 Å². The summed E-state index contributed by atoms with van der Waals surface area (Å²) in [5, 5.41) is 10.6. The SMILES string of the molecule is NC(=O)NC(=O)CCN(CCC(=O)O)C1CC1. The van der Waals surface area contributed by atoms with Crippen molar-refractivity contribution in [2.24, 2.45) is 5.73 Å². The lowest BCUT2D eigenvalue weighted by Gasteiger charge is -2.20. The Bertz CT molecular complexity index is 315. The highest BCUT2D eigenvalue weighted by atomic mass is 16.4. The first kappa shape index (κ1) is 13.4. The first-order valence-corrected chi connectivity index (χ1v) is 5.54. The molecule has 0 bridgehead atoms. The fourth-order valence-corrected chi connectivity index (χ4v) is 1.60. The lowest BCUT2D eigenvalue weighted by Crippen LogP contribution is -2.38. The van der Waals surface area contributed by atoms with E-state index in [0.29, 0.717) is 19.1 Å².